The maximum Gasteiger partial charge on any atom is 0.337 e. The standard InChI is InChI=1S/C19H17NO2/c1-13-8-9-17(14(2)12-13)20-11-10-16(19(21)22)18(20)15-6-4-3-5-7-15/h3-12H,1-2H3,(H,21,22). The SMILES string of the molecule is Cc1ccc(-n2ccc(C(=O)O)c2-c2ccccc2)c(C)c1. The molecule has 3 rings (SSSR count). The summed E-state index contributed by atoms with van der Waals surface area (Å²) in [4.78, 5) is 11.6. The number of carboxylic acid groups (broad SMARTS) is 1. The van der Waals surface area contributed by atoms with Gasteiger partial charge in [-0.1, -0.05) is 48.0 Å². The van der Waals surface area contributed by atoms with Crippen molar-refractivity contribution in [2.45, 2.75) is 13.8 Å². The summed E-state index contributed by atoms with van der Waals surface area (Å²) >= 11 is 0. The van der Waals surface area contributed by atoms with Gasteiger partial charge in [-0.3, -0.25) is 0 Å². The number of benzene rings is 2. The average Bonchev–Trinajstić information content (AvgIpc) is 2.93. The molecule has 0 aliphatic carbocycles. The second kappa shape index (κ2) is 5.53. The Labute approximate surface area is 129 Å². The van der Waals surface area contributed by atoms with E-state index in [0.29, 0.717) is 11.3 Å². The van der Waals surface area contributed by atoms with Gasteiger partial charge in [-0.05, 0) is 37.1 Å². The van der Waals surface area contributed by atoms with Gasteiger partial charge < -0.3 is 9.67 Å². The summed E-state index contributed by atoms with van der Waals surface area (Å²) in [6.45, 7) is 4.09. The van der Waals surface area contributed by atoms with Crippen LogP contribution in [0.5, 0.6) is 0 Å². The van der Waals surface area contributed by atoms with Crippen molar-refractivity contribution in [2.24, 2.45) is 0 Å². The summed E-state index contributed by atoms with van der Waals surface area (Å²) in [5, 5.41) is 9.49. The highest BCUT2D eigenvalue weighted by atomic mass is 16.4. The van der Waals surface area contributed by atoms with Crippen molar-refractivity contribution < 1.29 is 9.90 Å². The third kappa shape index (κ3) is 2.42. The minimum atomic E-state index is -0.914. The summed E-state index contributed by atoms with van der Waals surface area (Å²) in [6, 6.07) is 17.5. The molecule has 0 fully saturated rings. The first-order chi connectivity index (χ1) is 10.6. The second-order valence-corrected chi connectivity index (χ2v) is 5.41. The Bertz CT molecular complexity index is 832. The number of nitrogens with zero attached hydrogens (tertiary/aromatic N) is 1. The highest BCUT2D eigenvalue weighted by Crippen LogP contribution is 2.29. The topological polar surface area (TPSA) is 42.2 Å². The lowest BCUT2D eigenvalue weighted by Gasteiger charge is -2.14. The zero-order valence-corrected chi connectivity index (χ0v) is 12.6. The highest BCUT2D eigenvalue weighted by Gasteiger charge is 2.18. The zero-order valence-electron chi connectivity index (χ0n) is 12.6. The van der Waals surface area contributed by atoms with E-state index in [9.17, 15) is 9.90 Å². The molecule has 0 radical (unpaired) electrons. The molecule has 2 aromatic carbocycles. The fraction of sp³-hybridized carbons (Fsp3) is 0.105. The first kappa shape index (κ1) is 14.1. The maximum atomic E-state index is 11.6. The minimum absolute atomic E-state index is 0.311. The molecular formula is C19H17NO2. The van der Waals surface area contributed by atoms with Gasteiger partial charge in [0.2, 0.25) is 0 Å². The van der Waals surface area contributed by atoms with E-state index in [1.165, 1.54) is 5.56 Å². The molecule has 0 aliphatic heterocycles. The predicted octanol–water partition coefficient (Wildman–Crippen LogP) is 4.46. The smallest absolute Gasteiger partial charge is 0.337 e. The first-order valence-corrected chi connectivity index (χ1v) is 7.15. The molecule has 0 bridgehead atoms. The van der Waals surface area contributed by atoms with Crippen LogP contribution in [0.3, 0.4) is 0 Å². The van der Waals surface area contributed by atoms with E-state index in [4.69, 9.17) is 0 Å². The highest BCUT2D eigenvalue weighted by molar-refractivity contribution is 5.95. The van der Waals surface area contributed by atoms with E-state index in [-0.39, 0.29) is 0 Å². The van der Waals surface area contributed by atoms with Crippen molar-refractivity contribution in [1.82, 2.24) is 4.57 Å². The molecule has 1 N–H and O–H groups in total. The van der Waals surface area contributed by atoms with Crippen LogP contribution in [0.1, 0.15) is 21.5 Å². The quantitative estimate of drug-likeness (QED) is 0.774. The summed E-state index contributed by atoms with van der Waals surface area (Å²) in [7, 11) is 0. The Morgan fingerprint density at radius 1 is 1.00 bits per heavy atom. The number of rotatable bonds is 3. The normalized spacial score (nSPS) is 10.6. The summed E-state index contributed by atoms with van der Waals surface area (Å²) in [6.07, 6.45) is 1.82. The van der Waals surface area contributed by atoms with Crippen LogP contribution in [-0.4, -0.2) is 15.6 Å². The number of aromatic carboxylic acids is 1. The second-order valence-electron chi connectivity index (χ2n) is 5.41. The number of hydrogen-bond acceptors (Lipinski definition) is 1. The molecule has 0 unspecified atom stereocenters. The molecule has 1 aromatic heterocycles. The molecule has 3 heteroatoms. The molecule has 0 spiro atoms. The predicted molar refractivity (Wildman–Crippen MR) is 87.6 cm³/mol. The van der Waals surface area contributed by atoms with E-state index in [2.05, 4.69) is 6.07 Å². The van der Waals surface area contributed by atoms with E-state index in [1.807, 2.05) is 67.1 Å². The van der Waals surface area contributed by atoms with Gasteiger partial charge in [-0.15, -0.1) is 0 Å². The van der Waals surface area contributed by atoms with Crippen LogP contribution in [0.15, 0.2) is 60.8 Å². The molecule has 1 heterocycles. The number of aryl methyl sites for hydroxylation is 2. The Morgan fingerprint density at radius 2 is 1.73 bits per heavy atom. The van der Waals surface area contributed by atoms with Crippen molar-refractivity contribution in [2.75, 3.05) is 0 Å². The Hall–Kier alpha value is -2.81. The lowest BCUT2D eigenvalue weighted by Crippen LogP contribution is -2.03. The van der Waals surface area contributed by atoms with Crippen LogP contribution in [-0.2, 0) is 0 Å². The fourth-order valence-electron chi connectivity index (χ4n) is 2.77. The minimum Gasteiger partial charge on any atom is -0.478 e. The maximum absolute atomic E-state index is 11.6. The average molecular weight is 291 g/mol. The molecular weight excluding hydrogens is 274 g/mol. The van der Waals surface area contributed by atoms with Crippen molar-refractivity contribution in [3.05, 3.63) is 77.5 Å². The zero-order chi connectivity index (χ0) is 15.7. The molecule has 3 nitrogen and oxygen atoms in total. The van der Waals surface area contributed by atoms with Gasteiger partial charge in [0, 0.05) is 11.9 Å². The van der Waals surface area contributed by atoms with Crippen LogP contribution in [0, 0.1) is 13.8 Å². The van der Waals surface area contributed by atoms with Crippen LogP contribution < -0.4 is 0 Å². The van der Waals surface area contributed by atoms with Crippen molar-refractivity contribution in [1.29, 1.82) is 0 Å². The summed E-state index contributed by atoms with van der Waals surface area (Å²) < 4.78 is 1.95. The number of carbonyl (C=O) groups is 1. The van der Waals surface area contributed by atoms with Crippen LogP contribution in [0.2, 0.25) is 0 Å². The lowest BCUT2D eigenvalue weighted by molar-refractivity contribution is 0.0698. The van der Waals surface area contributed by atoms with Gasteiger partial charge in [0.25, 0.3) is 0 Å². The molecule has 0 amide bonds. The first-order valence-electron chi connectivity index (χ1n) is 7.15. The largest absolute Gasteiger partial charge is 0.478 e. The van der Waals surface area contributed by atoms with Gasteiger partial charge in [0.15, 0.2) is 0 Å². The molecule has 3 aromatic rings. The van der Waals surface area contributed by atoms with Gasteiger partial charge in [-0.25, -0.2) is 4.79 Å². The van der Waals surface area contributed by atoms with Crippen molar-refractivity contribution in [3.63, 3.8) is 0 Å². The lowest BCUT2D eigenvalue weighted by atomic mass is 10.1. The van der Waals surface area contributed by atoms with Crippen molar-refractivity contribution >= 4 is 5.97 Å². The van der Waals surface area contributed by atoms with Crippen LogP contribution >= 0.6 is 0 Å². The summed E-state index contributed by atoms with van der Waals surface area (Å²) in [5.41, 5.74) is 5.21. The van der Waals surface area contributed by atoms with Crippen molar-refractivity contribution in [3.8, 4) is 16.9 Å². The van der Waals surface area contributed by atoms with E-state index in [1.54, 1.807) is 6.07 Å². The van der Waals surface area contributed by atoms with Gasteiger partial charge in [0.1, 0.15) is 0 Å². The third-order valence-corrected chi connectivity index (χ3v) is 3.78. The van der Waals surface area contributed by atoms with E-state index >= 15 is 0 Å². The van der Waals surface area contributed by atoms with Gasteiger partial charge in [0.05, 0.1) is 11.3 Å². The number of hydrogen-bond donors (Lipinski definition) is 1. The Kier molecular flexibility index (Phi) is 3.55. The molecule has 0 atom stereocenters. The molecule has 22 heavy (non-hydrogen) atoms. The Balaban J connectivity index is 2.27. The summed E-state index contributed by atoms with van der Waals surface area (Å²) in [5.74, 6) is -0.914. The van der Waals surface area contributed by atoms with E-state index < -0.39 is 5.97 Å². The van der Waals surface area contributed by atoms with Gasteiger partial charge >= 0.3 is 5.97 Å². The molecule has 0 saturated heterocycles. The van der Waals surface area contributed by atoms with Gasteiger partial charge in [-0.2, -0.15) is 0 Å². The molecule has 110 valence electrons. The number of aromatic nitrogens is 1. The Morgan fingerprint density at radius 3 is 2.36 bits per heavy atom. The molecule has 0 aliphatic rings. The van der Waals surface area contributed by atoms with Crippen LogP contribution in [0.4, 0.5) is 0 Å². The fourth-order valence-corrected chi connectivity index (χ4v) is 2.77. The van der Waals surface area contributed by atoms with Crippen LogP contribution in [0.25, 0.3) is 16.9 Å². The number of carboxylic acids is 1. The monoisotopic (exact) mass is 291 g/mol. The molecule has 0 saturated carbocycles. The van der Waals surface area contributed by atoms with E-state index in [0.717, 1.165) is 16.8 Å². The third-order valence-electron chi connectivity index (χ3n) is 3.78.